The Morgan fingerprint density at radius 2 is 1.64 bits per heavy atom. The molecule has 8 heteroatoms. The van der Waals surface area contributed by atoms with Crippen LogP contribution < -0.4 is 10.1 Å². The molecule has 0 radical (unpaired) electrons. The smallest absolute Gasteiger partial charge is 0.337 e. The van der Waals surface area contributed by atoms with Gasteiger partial charge in [0.15, 0.2) is 0 Å². The summed E-state index contributed by atoms with van der Waals surface area (Å²) in [6, 6.07) is 30.3. The zero-order chi connectivity index (χ0) is 31.8. The maximum Gasteiger partial charge on any atom is 0.337 e. The van der Waals surface area contributed by atoms with Crippen molar-refractivity contribution in [1.82, 2.24) is 4.57 Å². The summed E-state index contributed by atoms with van der Waals surface area (Å²) in [5.74, 6) is -1.10. The van der Waals surface area contributed by atoms with Crippen LogP contribution in [0.15, 0.2) is 108 Å². The molecular formula is C37H37N3O5. The van der Waals surface area contributed by atoms with Crippen LogP contribution in [0.4, 0.5) is 5.69 Å². The third kappa shape index (κ3) is 7.97. The van der Waals surface area contributed by atoms with Gasteiger partial charge in [0.25, 0.3) is 5.91 Å². The topological polar surface area (TPSA) is 102 Å². The number of aromatic nitrogens is 1. The first kappa shape index (κ1) is 31.1. The minimum absolute atomic E-state index is 0.0233. The molecule has 230 valence electrons. The molecule has 0 aliphatic heterocycles. The highest BCUT2D eigenvalue weighted by molar-refractivity contribution is 6.08. The molecule has 5 rings (SSSR count). The van der Waals surface area contributed by atoms with Crippen LogP contribution >= 0.6 is 0 Å². The number of nitrogens with zero attached hydrogens (tertiary/aromatic N) is 2. The summed E-state index contributed by atoms with van der Waals surface area (Å²) in [6.07, 6.45) is 4.35. The number of carbonyl (C=O) groups excluding carboxylic acids is 1. The molecule has 45 heavy (non-hydrogen) atoms. The molecule has 0 atom stereocenters. The van der Waals surface area contributed by atoms with Crippen molar-refractivity contribution in [2.45, 2.75) is 39.2 Å². The molecule has 1 amide bonds. The number of rotatable bonds is 12. The number of carboxylic acids is 1. The zero-order valence-electron chi connectivity index (χ0n) is 25.7. The fraction of sp³-hybridized carbons (Fsp3) is 0.216. The van der Waals surface area contributed by atoms with Gasteiger partial charge in [0.2, 0.25) is 0 Å². The highest BCUT2D eigenvalue weighted by Crippen LogP contribution is 2.26. The monoisotopic (exact) mass is 603 g/mol. The second kappa shape index (κ2) is 13.9. The van der Waals surface area contributed by atoms with Crippen LogP contribution in [-0.2, 0) is 16.8 Å². The van der Waals surface area contributed by atoms with E-state index in [2.05, 4.69) is 66.3 Å². The number of anilines is 1. The van der Waals surface area contributed by atoms with Crippen LogP contribution in [0.2, 0.25) is 0 Å². The minimum Gasteiger partial charge on any atom is -0.493 e. The summed E-state index contributed by atoms with van der Waals surface area (Å²) < 4.78 is 8.03. The van der Waals surface area contributed by atoms with Crippen molar-refractivity contribution in [3.8, 4) is 5.75 Å². The molecule has 0 unspecified atom stereocenters. The third-order valence-corrected chi connectivity index (χ3v) is 7.41. The number of hydrogen-bond donors (Lipinski definition) is 2. The van der Waals surface area contributed by atoms with E-state index in [1.165, 1.54) is 17.7 Å². The fourth-order valence-corrected chi connectivity index (χ4v) is 4.97. The molecule has 2 N–H and O–H groups in total. The highest BCUT2D eigenvalue weighted by atomic mass is 16.6. The van der Waals surface area contributed by atoms with Crippen LogP contribution in [0.1, 0.15) is 64.6 Å². The number of nitrogens with one attached hydrogen (secondary N) is 1. The molecular weight excluding hydrogens is 566 g/mol. The Morgan fingerprint density at radius 1 is 0.911 bits per heavy atom. The predicted molar refractivity (Wildman–Crippen MR) is 178 cm³/mol. The van der Waals surface area contributed by atoms with Gasteiger partial charge in [-0.05, 0) is 46.9 Å². The van der Waals surface area contributed by atoms with Gasteiger partial charge in [0.05, 0.1) is 24.1 Å². The first-order valence-corrected chi connectivity index (χ1v) is 14.9. The van der Waals surface area contributed by atoms with E-state index < -0.39 is 11.9 Å². The summed E-state index contributed by atoms with van der Waals surface area (Å²) in [5.41, 5.74) is 4.94. The Bertz CT molecular complexity index is 1800. The van der Waals surface area contributed by atoms with E-state index in [-0.39, 0.29) is 16.7 Å². The van der Waals surface area contributed by atoms with E-state index in [0.29, 0.717) is 30.9 Å². The minimum atomic E-state index is -1.14. The molecule has 0 saturated carbocycles. The van der Waals surface area contributed by atoms with E-state index in [1.54, 1.807) is 24.4 Å². The van der Waals surface area contributed by atoms with E-state index in [9.17, 15) is 14.7 Å². The van der Waals surface area contributed by atoms with Gasteiger partial charge < -0.3 is 24.6 Å². The number of oxime groups is 1. The number of hydrogen-bond acceptors (Lipinski definition) is 5. The SMILES string of the molecule is CC(C)(C)c1ccc(C(=O)Nc2cc(OCCCON=Cc3cn(Cc4ccccc4)c4ccccc34)ccc2C(=O)O)cc1. The van der Waals surface area contributed by atoms with Gasteiger partial charge in [-0.15, -0.1) is 0 Å². The maximum atomic E-state index is 12.9. The number of benzene rings is 4. The molecule has 0 saturated heterocycles. The number of ether oxygens (including phenoxy) is 1. The number of carboxylic acid groups (broad SMARTS) is 1. The van der Waals surface area contributed by atoms with Crippen LogP contribution in [0.25, 0.3) is 10.9 Å². The van der Waals surface area contributed by atoms with E-state index in [4.69, 9.17) is 9.57 Å². The Hall–Kier alpha value is -5.37. The van der Waals surface area contributed by atoms with Crippen molar-refractivity contribution < 1.29 is 24.3 Å². The van der Waals surface area contributed by atoms with Crippen LogP contribution in [0, 0.1) is 0 Å². The molecule has 0 aliphatic rings. The lowest BCUT2D eigenvalue weighted by Gasteiger charge is -2.19. The number of carbonyl (C=O) groups is 2. The molecule has 1 heterocycles. The number of para-hydroxylation sites is 1. The standard InChI is InChI=1S/C37H37N3O5/c1-37(2,3)29-16-14-27(15-17-29)35(41)39-33-22-30(18-19-32(33)36(42)43)44-20-9-21-45-38-23-28-25-40(24-26-10-5-4-6-11-26)34-13-8-7-12-31(28)34/h4-8,10-19,22-23,25H,9,20-21,24H2,1-3H3,(H,39,41)(H,42,43). The molecule has 0 bridgehead atoms. The largest absolute Gasteiger partial charge is 0.493 e. The molecule has 5 aromatic rings. The summed E-state index contributed by atoms with van der Waals surface area (Å²) in [5, 5.41) is 17.6. The first-order valence-electron chi connectivity index (χ1n) is 14.9. The van der Waals surface area contributed by atoms with E-state index in [0.717, 1.165) is 28.6 Å². The van der Waals surface area contributed by atoms with Gasteiger partial charge in [-0.2, -0.15) is 0 Å². The van der Waals surface area contributed by atoms with Gasteiger partial charge in [-0.1, -0.05) is 86.6 Å². The lowest BCUT2D eigenvalue weighted by Crippen LogP contribution is -2.16. The number of aromatic carboxylic acids is 1. The number of amides is 1. The van der Waals surface area contributed by atoms with Crippen molar-refractivity contribution in [3.63, 3.8) is 0 Å². The summed E-state index contributed by atoms with van der Waals surface area (Å²) in [6.45, 7) is 7.71. The number of fused-ring (bicyclic) bond motifs is 1. The van der Waals surface area contributed by atoms with Gasteiger partial charge in [0, 0.05) is 47.3 Å². The van der Waals surface area contributed by atoms with Crippen LogP contribution in [0.5, 0.6) is 5.75 Å². The lowest BCUT2D eigenvalue weighted by molar-refractivity contribution is 0.0698. The predicted octanol–water partition coefficient (Wildman–Crippen LogP) is 7.76. The summed E-state index contributed by atoms with van der Waals surface area (Å²) in [7, 11) is 0. The Morgan fingerprint density at radius 3 is 2.38 bits per heavy atom. The Kier molecular flexibility index (Phi) is 9.63. The van der Waals surface area contributed by atoms with Crippen LogP contribution in [-0.4, -0.2) is 41.0 Å². The van der Waals surface area contributed by atoms with Gasteiger partial charge in [-0.3, -0.25) is 4.79 Å². The third-order valence-electron chi connectivity index (χ3n) is 7.41. The van der Waals surface area contributed by atoms with Gasteiger partial charge in [-0.25, -0.2) is 4.79 Å². The fourth-order valence-electron chi connectivity index (χ4n) is 4.97. The Balaban J connectivity index is 1.14. The highest BCUT2D eigenvalue weighted by Gasteiger charge is 2.17. The quantitative estimate of drug-likeness (QED) is 0.0862. The summed E-state index contributed by atoms with van der Waals surface area (Å²) in [4.78, 5) is 30.2. The second-order valence-corrected chi connectivity index (χ2v) is 11.8. The zero-order valence-corrected chi connectivity index (χ0v) is 25.7. The summed E-state index contributed by atoms with van der Waals surface area (Å²) >= 11 is 0. The average molecular weight is 604 g/mol. The van der Waals surface area contributed by atoms with Gasteiger partial charge in [0.1, 0.15) is 12.4 Å². The van der Waals surface area contributed by atoms with Crippen molar-refractivity contribution in [1.29, 1.82) is 0 Å². The second-order valence-electron chi connectivity index (χ2n) is 11.8. The molecule has 1 aromatic heterocycles. The van der Waals surface area contributed by atoms with E-state index >= 15 is 0 Å². The Labute approximate surface area is 262 Å². The molecule has 0 fully saturated rings. The lowest BCUT2D eigenvalue weighted by atomic mass is 9.86. The van der Waals surface area contributed by atoms with Crippen molar-refractivity contribution in [3.05, 3.63) is 131 Å². The van der Waals surface area contributed by atoms with Crippen LogP contribution in [0.3, 0.4) is 0 Å². The average Bonchev–Trinajstić information content (AvgIpc) is 3.37. The maximum absolute atomic E-state index is 12.9. The van der Waals surface area contributed by atoms with Gasteiger partial charge >= 0.3 is 5.97 Å². The molecule has 4 aromatic carbocycles. The molecule has 0 aliphatic carbocycles. The normalized spacial score (nSPS) is 11.5. The molecule has 8 nitrogen and oxygen atoms in total. The van der Waals surface area contributed by atoms with Crippen molar-refractivity contribution >= 4 is 34.7 Å². The first-order chi connectivity index (χ1) is 21.7. The molecule has 0 spiro atoms. The van der Waals surface area contributed by atoms with Crippen molar-refractivity contribution in [2.75, 3.05) is 18.5 Å². The van der Waals surface area contributed by atoms with Crippen molar-refractivity contribution in [2.24, 2.45) is 5.16 Å². The van der Waals surface area contributed by atoms with E-state index in [1.807, 2.05) is 42.5 Å².